The molecule has 2 aliphatic rings. The Bertz CT molecular complexity index is 233. The number of hydrogen-bond donors (Lipinski definition) is 0. The highest BCUT2D eigenvalue weighted by molar-refractivity contribution is 5.82. The molecule has 2 rings (SSSR count). The third kappa shape index (κ3) is 2.40. The zero-order chi connectivity index (χ0) is 10.7. The van der Waals surface area contributed by atoms with Crippen molar-refractivity contribution in [1.82, 2.24) is 0 Å². The lowest BCUT2D eigenvalue weighted by Crippen LogP contribution is -2.47. The zero-order valence-electron chi connectivity index (χ0n) is 9.46. The fourth-order valence-corrected chi connectivity index (χ4v) is 2.54. The monoisotopic (exact) mass is 212 g/mol. The average Bonchev–Trinajstić information content (AvgIpc) is 2.24. The van der Waals surface area contributed by atoms with Gasteiger partial charge in [0.15, 0.2) is 5.78 Å². The first-order chi connectivity index (χ1) is 7.26. The number of rotatable bonds is 4. The van der Waals surface area contributed by atoms with E-state index in [1.165, 1.54) is 6.42 Å². The summed E-state index contributed by atoms with van der Waals surface area (Å²) in [5.41, 5.74) is 0.0742. The summed E-state index contributed by atoms with van der Waals surface area (Å²) in [5, 5.41) is 0. The highest BCUT2D eigenvalue weighted by atomic mass is 16.5. The van der Waals surface area contributed by atoms with Crippen LogP contribution in [-0.4, -0.2) is 31.2 Å². The van der Waals surface area contributed by atoms with E-state index in [4.69, 9.17) is 9.47 Å². The smallest absolute Gasteiger partial charge is 0.161 e. The Labute approximate surface area is 91.1 Å². The van der Waals surface area contributed by atoms with Gasteiger partial charge in [-0.3, -0.25) is 4.79 Å². The molecule has 1 aliphatic heterocycles. The van der Waals surface area contributed by atoms with Gasteiger partial charge in [0.1, 0.15) is 6.61 Å². The molecule has 1 saturated carbocycles. The molecule has 3 heteroatoms. The second kappa shape index (κ2) is 4.62. The van der Waals surface area contributed by atoms with Crippen molar-refractivity contribution in [3.63, 3.8) is 0 Å². The van der Waals surface area contributed by atoms with Gasteiger partial charge in [0.2, 0.25) is 0 Å². The fraction of sp³-hybridized carbons (Fsp3) is 0.917. The van der Waals surface area contributed by atoms with E-state index in [-0.39, 0.29) is 23.9 Å². The molecule has 0 amide bonds. The van der Waals surface area contributed by atoms with E-state index in [1.54, 1.807) is 0 Å². The number of Topliss-reactive ketones (excluding diaryl/α,β-unsaturated/α-hetero) is 1. The molecule has 1 atom stereocenters. The Balaban J connectivity index is 1.84. The number of carbonyl (C=O) groups is 1. The van der Waals surface area contributed by atoms with Crippen LogP contribution in [0.25, 0.3) is 0 Å². The third-order valence-electron chi connectivity index (χ3n) is 3.66. The van der Waals surface area contributed by atoms with E-state index in [2.05, 4.69) is 0 Å². The van der Waals surface area contributed by atoms with E-state index in [0.717, 1.165) is 32.3 Å². The molecule has 86 valence electrons. The normalized spacial score (nSPS) is 28.7. The van der Waals surface area contributed by atoms with Crippen molar-refractivity contribution in [2.75, 3.05) is 19.8 Å². The molecule has 15 heavy (non-hydrogen) atoms. The van der Waals surface area contributed by atoms with Crippen LogP contribution in [0, 0.1) is 5.92 Å². The largest absolute Gasteiger partial charge is 0.375 e. The zero-order valence-corrected chi connectivity index (χ0v) is 9.46. The Hall–Kier alpha value is -0.410. The standard InChI is InChI=1S/C12H20O3/c1-2-14-9-11(13)10-4-7-15-12(8-10)5-3-6-12/h10H,2-9H2,1H3. The number of ether oxygens (including phenoxy) is 2. The maximum atomic E-state index is 11.8. The van der Waals surface area contributed by atoms with Crippen LogP contribution in [0.2, 0.25) is 0 Å². The van der Waals surface area contributed by atoms with Gasteiger partial charge in [-0.25, -0.2) is 0 Å². The second-order valence-electron chi connectivity index (χ2n) is 4.68. The van der Waals surface area contributed by atoms with Gasteiger partial charge in [0, 0.05) is 19.1 Å². The van der Waals surface area contributed by atoms with Crippen LogP contribution in [0.3, 0.4) is 0 Å². The summed E-state index contributed by atoms with van der Waals surface area (Å²) in [6.45, 7) is 3.59. The van der Waals surface area contributed by atoms with Gasteiger partial charge in [-0.15, -0.1) is 0 Å². The molecule has 3 nitrogen and oxygen atoms in total. The molecule has 1 saturated heterocycles. The Morgan fingerprint density at radius 1 is 1.53 bits per heavy atom. The van der Waals surface area contributed by atoms with Crippen LogP contribution >= 0.6 is 0 Å². The summed E-state index contributed by atoms with van der Waals surface area (Å²) in [4.78, 5) is 11.8. The van der Waals surface area contributed by atoms with E-state index < -0.39 is 0 Å². The second-order valence-corrected chi connectivity index (χ2v) is 4.68. The minimum atomic E-state index is 0.0742. The quantitative estimate of drug-likeness (QED) is 0.714. The molecular weight excluding hydrogens is 192 g/mol. The van der Waals surface area contributed by atoms with Gasteiger partial charge in [-0.05, 0) is 39.0 Å². The summed E-state index contributed by atoms with van der Waals surface area (Å²) in [7, 11) is 0. The molecule has 2 fully saturated rings. The van der Waals surface area contributed by atoms with Crippen molar-refractivity contribution in [2.24, 2.45) is 5.92 Å². The van der Waals surface area contributed by atoms with E-state index in [1.807, 2.05) is 6.92 Å². The topological polar surface area (TPSA) is 35.5 Å². The van der Waals surface area contributed by atoms with E-state index in [0.29, 0.717) is 6.61 Å². The summed E-state index contributed by atoms with van der Waals surface area (Å²) >= 11 is 0. The van der Waals surface area contributed by atoms with Crippen LogP contribution < -0.4 is 0 Å². The van der Waals surface area contributed by atoms with Gasteiger partial charge in [0.05, 0.1) is 5.60 Å². The number of carbonyl (C=O) groups excluding carboxylic acids is 1. The lowest BCUT2D eigenvalue weighted by atomic mass is 9.71. The molecule has 1 heterocycles. The molecule has 0 aromatic carbocycles. The van der Waals surface area contributed by atoms with Crippen molar-refractivity contribution in [1.29, 1.82) is 0 Å². The minimum absolute atomic E-state index is 0.0742. The predicted octanol–water partition coefficient (Wildman–Crippen LogP) is 1.94. The predicted molar refractivity (Wildman–Crippen MR) is 56.8 cm³/mol. The van der Waals surface area contributed by atoms with Gasteiger partial charge in [-0.1, -0.05) is 0 Å². The lowest BCUT2D eigenvalue weighted by molar-refractivity contribution is -0.157. The van der Waals surface area contributed by atoms with Crippen molar-refractivity contribution in [2.45, 2.75) is 44.6 Å². The maximum absolute atomic E-state index is 11.8. The Kier molecular flexibility index (Phi) is 3.42. The first-order valence-corrected chi connectivity index (χ1v) is 6.00. The highest BCUT2D eigenvalue weighted by Crippen LogP contribution is 2.44. The summed E-state index contributed by atoms with van der Waals surface area (Å²) < 4.78 is 11.0. The number of ketones is 1. The SMILES string of the molecule is CCOCC(=O)C1CCOC2(CCC2)C1. The summed E-state index contributed by atoms with van der Waals surface area (Å²) in [5.74, 6) is 0.456. The van der Waals surface area contributed by atoms with Crippen molar-refractivity contribution in [3.8, 4) is 0 Å². The maximum Gasteiger partial charge on any atom is 0.161 e. The van der Waals surface area contributed by atoms with Crippen molar-refractivity contribution >= 4 is 5.78 Å². The van der Waals surface area contributed by atoms with Crippen molar-refractivity contribution in [3.05, 3.63) is 0 Å². The van der Waals surface area contributed by atoms with E-state index in [9.17, 15) is 4.79 Å². The fourth-order valence-electron chi connectivity index (χ4n) is 2.54. The first-order valence-electron chi connectivity index (χ1n) is 6.00. The number of hydrogen-bond acceptors (Lipinski definition) is 3. The molecule has 0 N–H and O–H groups in total. The van der Waals surface area contributed by atoms with Gasteiger partial charge in [-0.2, -0.15) is 0 Å². The van der Waals surface area contributed by atoms with Crippen molar-refractivity contribution < 1.29 is 14.3 Å². The molecule has 1 unspecified atom stereocenters. The molecule has 0 aromatic rings. The molecular formula is C12H20O3. The Morgan fingerprint density at radius 3 is 2.93 bits per heavy atom. The molecule has 1 aliphatic carbocycles. The first kappa shape index (κ1) is 11.1. The van der Waals surface area contributed by atoms with Crippen LogP contribution in [0.5, 0.6) is 0 Å². The van der Waals surface area contributed by atoms with Crippen LogP contribution in [0.1, 0.15) is 39.0 Å². The highest BCUT2D eigenvalue weighted by Gasteiger charge is 2.44. The summed E-state index contributed by atoms with van der Waals surface area (Å²) in [6, 6.07) is 0. The van der Waals surface area contributed by atoms with Crippen LogP contribution in [-0.2, 0) is 14.3 Å². The molecule has 0 aromatic heterocycles. The minimum Gasteiger partial charge on any atom is -0.375 e. The van der Waals surface area contributed by atoms with E-state index >= 15 is 0 Å². The molecule has 1 spiro atoms. The Morgan fingerprint density at radius 2 is 2.33 bits per heavy atom. The van der Waals surface area contributed by atoms with Crippen LogP contribution in [0.15, 0.2) is 0 Å². The lowest BCUT2D eigenvalue weighted by Gasteiger charge is -2.46. The summed E-state index contributed by atoms with van der Waals surface area (Å²) in [6.07, 6.45) is 5.36. The van der Waals surface area contributed by atoms with Crippen LogP contribution in [0.4, 0.5) is 0 Å². The average molecular weight is 212 g/mol. The third-order valence-corrected chi connectivity index (χ3v) is 3.66. The molecule has 0 radical (unpaired) electrons. The molecule has 0 bridgehead atoms. The van der Waals surface area contributed by atoms with Gasteiger partial charge < -0.3 is 9.47 Å². The van der Waals surface area contributed by atoms with Gasteiger partial charge in [0.25, 0.3) is 0 Å². The van der Waals surface area contributed by atoms with Gasteiger partial charge >= 0.3 is 0 Å².